The van der Waals surface area contributed by atoms with Crippen LogP contribution in [0.25, 0.3) is 11.3 Å². The molecule has 2 rings (SSSR count). The highest BCUT2D eigenvalue weighted by atomic mass is 32.2. The largest absolute Gasteiger partial charge is 0.513 e. The average molecular weight is 337 g/mol. The molecule has 2 aromatic carbocycles. The molecular formula is C21H23NOS. The van der Waals surface area contributed by atoms with E-state index in [9.17, 15) is 5.11 Å². The molecule has 0 fully saturated rings. The second-order valence-corrected chi connectivity index (χ2v) is 6.63. The van der Waals surface area contributed by atoms with Gasteiger partial charge in [-0.15, -0.1) is 11.8 Å². The first-order chi connectivity index (χ1) is 11.6. The van der Waals surface area contributed by atoms with Crippen LogP contribution >= 0.6 is 11.8 Å². The molecule has 2 aromatic rings. The summed E-state index contributed by atoms with van der Waals surface area (Å²) in [6, 6.07) is 20.5. The maximum absolute atomic E-state index is 9.19. The summed E-state index contributed by atoms with van der Waals surface area (Å²) in [5.41, 5.74) is 4.50. The second kappa shape index (κ2) is 9.04. The van der Waals surface area contributed by atoms with Crippen LogP contribution in [0.4, 0.5) is 0 Å². The Morgan fingerprint density at radius 1 is 0.958 bits per heavy atom. The number of aliphatic hydroxyl groups is 1. The number of hydrogen-bond acceptors (Lipinski definition) is 3. The Morgan fingerprint density at radius 3 is 2.04 bits per heavy atom. The molecule has 0 unspecified atom stereocenters. The molecule has 0 saturated carbocycles. The summed E-state index contributed by atoms with van der Waals surface area (Å²) >= 11 is 1.58. The number of allylic oxidation sites excluding steroid dienone is 2. The fourth-order valence-corrected chi connectivity index (χ4v) is 3.05. The molecule has 0 heterocycles. The Hall–Kier alpha value is -2.39. The van der Waals surface area contributed by atoms with Gasteiger partial charge in [0.25, 0.3) is 0 Å². The highest BCUT2D eigenvalue weighted by Gasteiger charge is 2.09. The molecule has 0 atom stereocenters. The zero-order valence-electron chi connectivity index (χ0n) is 14.0. The van der Waals surface area contributed by atoms with Crippen molar-refractivity contribution in [1.29, 1.82) is 0 Å². The lowest BCUT2D eigenvalue weighted by atomic mass is 10.0. The lowest BCUT2D eigenvalue weighted by Crippen LogP contribution is -2.11. The molecule has 0 aliphatic rings. The minimum absolute atomic E-state index is 0.203. The van der Waals surface area contributed by atoms with Gasteiger partial charge in [-0.3, -0.25) is 0 Å². The van der Waals surface area contributed by atoms with Crippen LogP contribution in [0.1, 0.15) is 24.5 Å². The third-order valence-electron chi connectivity index (χ3n) is 3.58. The first kappa shape index (κ1) is 18.0. The van der Waals surface area contributed by atoms with Crippen LogP contribution in [0.5, 0.6) is 0 Å². The lowest BCUT2D eigenvalue weighted by molar-refractivity contribution is 0.399. The van der Waals surface area contributed by atoms with E-state index in [1.165, 1.54) is 5.56 Å². The molecule has 3 heteroatoms. The zero-order chi connectivity index (χ0) is 17.4. The Bertz CT molecular complexity index is 720. The Kier molecular flexibility index (Phi) is 6.76. The molecule has 0 bridgehead atoms. The normalized spacial score (nSPS) is 11.5. The summed E-state index contributed by atoms with van der Waals surface area (Å²) in [7, 11) is 0. The number of aliphatic hydroxyl groups excluding tert-OH is 1. The van der Waals surface area contributed by atoms with Gasteiger partial charge in [-0.1, -0.05) is 73.8 Å². The molecule has 0 spiro atoms. The monoisotopic (exact) mass is 337 g/mol. The smallest absolute Gasteiger partial charge is 0.0859 e. The topological polar surface area (TPSA) is 32.3 Å². The quantitative estimate of drug-likeness (QED) is 0.469. The van der Waals surface area contributed by atoms with Gasteiger partial charge in [0.15, 0.2) is 0 Å². The number of rotatable bonds is 8. The molecule has 0 saturated heterocycles. The van der Waals surface area contributed by atoms with Gasteiger partial charge in [0.05, 0.1) is 10.8 Å². The van der Waals surface area contributed by atoms with E-state index in [4.69, 9.17) is 0 Å². The molecule has 0 radical (unpaired) electrons. The van der Waals surface area contributed by atoms with Gasteiger partial charge in [-0.2, -0.15) is 0 Å². The first-order valence-electron chi connectivity index (χ1n) is 7.85. The van der Waals surface area contributed by atoms with Crippen molar-refractivity contribution in [3.63, 3.8) is 0 Å². The summed E-state index contributed by atoms with van der Waals surface area (Å²) < 4.78 is 0. The highest BCUT2D eigenvalue weighted by molar-refractivity contribution is 8.03. The summed E-state index contributed by atoms with van der Waals surface area (Å²) in [6.45, 7) is 9.72. The maximum atomic E-state index is 9.19. The third kappa shape index (κ3) is 5.36. The van der Waals surface area contributed by atoms with Crippen molar-refractivity contribution in [2.24, 2.45) is 0 Å². The molecule has 0 aliphatic carbocycles. The van der Waals surface area contributed by atoms with E-state index >= 15 is 0 Å². The third-order valence-corrected chi connectivity index (χ3v) is 4.43. The Morgan fingerprint density at radius 2 is 1.50 bits per heavy atom. The van der Waals surface area contributed by atoms with E-state index in [1.54, 1.807) is 11.8 Å². The van der Waals surface area contributed by atoms with Crippen LogP contribution in [0.2, 0.25) is 0 Å². The molecule has 0 aromatic heterocycles. The van der Waals surface area contributed by atoms with Gasteiger partial charge < -0.3 is 10.4 Å². The fourth-order valence-electron chi connectivity index (χ4n) is 2.29. The van der Waals surface area contributed by atoms with Crippen molar-refractivity contribution < 1.29 is 5.11 Å². The fraction of sp³-hybridized carbons (Fsp3) is 0.143. The van der Waals surface area contributed by atoms with Crippen molar-refractivity contribution in [3.8, 4) is 0 Å². The molecule has 24 heavy (non-hydrogen) atoms. The Labute approximate surface area is 148 Å². The minimum atomic E-state index is 0.203. The van der Waals surface area contributed by atoms with E-state index in [1.807, 2.05) is 36.4 Å². The van der Waals surface area contributed by atoms with Gasteiger partial charge in [0, 0.05) is 17.9 Å². The summed E-state index contributed by atoms with van der Waals surface area (Å²) in [5.74, 6) is 0.947. The maximum Gasteiger partial charge on any atom is 0.0859 e. The summed E-state index contributed by atoms with van der Waals surface area (Å²) in [6.07, 6.45) is 0.563. The van der Waals surface area contributed by atoms with E-state index in [2.05, 4.69) is 49.7 Å². The van der Waals surface area contributed by atoms with Crippen LogP contribution in [-0.4, -0.2) is 10.9 Å². The Balaban J connectivity index is 2.25. The molecular weight excluding hydrogens is 314 g/mol. The van der Waals surface area contributed by atoms with E-state index in [0.29, 0.717) is 6.42 Å². The highest BCUT2D eigenvalue weighted by Crippen LogP contribution is 2.26. The molecule has 0 amide bonds. The number of benzene rings is 2. The molecule has 0 aliphatic heterocycles. The number of thioether (sulfide) groups is 1. The average Bonchev–Trinajstić information content (AvgIpc) is 2.60. The molecule has 2 nitrogen and oxygen atoms in total. The SMILES string of the molecule is C=C(O)CCSC(=C)N/C(=C(\C)c1ccccc1)c1ccccc1. The van der Waals surface area contributed by atoms with Crippen LogP contribution in [0.15, 0.2) is 84.6 Å². The number of nitrogens with one attached hydrogen (secondary N) is 1. The van der Waals surface area contributed by atoms with Crippen LogP contribution in [0.3, 0.4) is 0 Å². The summed E-state index contributed by atoms with van der Waals surface area (Å²) in [5, 5.41) is 13.5. The summed E-state index contributed by atoms with van der Waals surface area (Å²) in [4.78, 5) is 0. The minimum Gasteiger partial charge on any atom is -0.513 e. The van der Waals surface area contributed by atoms with Crippen molar-refractivity contribution in [1.82, 2.24) is 5.32 Å². The van der Waals surface area contributed by atoms with Gasteiger partial charge in [0.1, 0.15) is 0 Å². The van der Waals surface area contributed by atoms with E-state index in [-0.39, 0.29) is 5.76 Å². The predicted molar refractivity (Wildman–Crippen MR) is 106 cm³/mol. The van der Waals surface area contributed by atoms with Crippen LogP contribution in [-0.2, 0) is 0 Å². The van der Waals surface area contributed by atoms with E-state index < -0.39 is 0 Å². The number of hydrogen-bond donors (Lipinski definition) is 2. The molecule has 2 N–H and O–H groups in total. The van der Waals surface area contributed by atoms with Gasteiger partial charge in [-0.25, -0.2) is 0 Å². The van der Waals surface area contributed by atoms with Crippen LogP contribution in [0, 0.1) is 0 Å². The van der Waals surface area contributed by atoms with Crippen molar-refractivity contribution in [2.75, 3.05) is 5.75 Å². The predicted octanol–water partition coefficient (Wildman–Crippen LogP) is 5.83. The van der Waals surface area contributed by atoms with Crippen molar-refractivity contribution in [2.45, 2.75) is 13.3 Å². The van der Waals surface area contributed by atoms with Crippen LogP contribution < -0.4 is 5.32 Å². The van der Waals surface area contributed by atoms with Gasteiger partial charge in [0.2, 0.25) is 0 Å². The standard InChI is InChI=1S/C21H23NOS/c1-16(23)14-15-24-18(3)22-21(20-12-8-5-9-13-20)17(2)19-10-6-4-7-11-19/h4-13,22-23H,1,3,14-15H2,2H3/b21-17+. The van der Waals surface area contributed by atoms with Gasteiger partial charge >= 0.3 is 0 Å². The van der Waals surface area contributed by atoms with Gasteiger partial charge in [-0.05, 0) is 23.6 Å². The van der Waals surface area contributed by atoms with Crippen molar-refractivity contribution in [3.05, 3.63) is 95.7 Å². The van der Waals surface area contributed by atoms with Crippen molar-refractivity contribution >= 4 is 23.0 Å². The lowest BCUT2D eigenvalue weighted by Gasteiger charge is -2.17. The first-order valence-corrected chi connectivity index (χ1v) is 8.83. The zero-order valence-corrected chi connectivity index (χ0v) is 14.8. The second-order valence-electron chi connectivity index (χ2n) is 5.44. The van der Waals surface area contributed by atoms with E-state index in [0.717, 1.165) is 27.6 Å². The molecule has 124 valence electrons.